The summed E-state index contributed by atoms with van der Waals surface area (Å²) >= 11 is 0. The number of aromatic nitrogens is 4. The molecule has 0 atom stereocenters. The first-order valence-corrected chi connectivity index (χ1v) is 8.07. The minimum absolute atomic E-state index is 0.109. The van der Waals surface area contributed by atoms with E-state index in [1.54, 1.807) is 12.3 Å². The predicted octanol–water partition coefficient (Wildman–Crippen LogP) is 4.28. The molecule has 0 N–H and O–H groups in total. The second kappa shape index (κ2) is 7.33. The maximum absolute atomic E-state index is 13.2. The quantitative estimate of drug-likeness (QED) is 0.678. The van der Waals surface area contributed by atoms with Crippen LogP contribution in [-0.2, 0) is 17.5 Å². The van der Waals surface area contributed by atoms with Crippen LogP contribution in [0, 0.1) is 5.92 Å². The van der Waals surface area contributed by atoms with Gasteiger partial charge in [-0.15, -0.1) is 0 Å². The maximum Gasteiger partial charge on any atom is 0.418 e. The van der Waals surface area contributed by atoms with Crippen LogP contribution in [0.2, 0.25) is 0 Å². The third kappa shape index (κ3) is 4.13. The first kappa shape index (κ1) is 18.2. The van der Waals surface area contributed by atoms with Crippen molar-refractivity contribution in [3.63, 3.8) is 0 Å². The summed E-state index contributed by atoms with van der Waals surface area (Å²) in [6.07, 6.45) is -1.63. The topological polar surface area (TPSA) is 60.8 Å². The van der Waals surface area contributed by atoms with E-state index in [4.69, 9.17) is 4.74 Å². The molecule has 0 aromatic carbocycles. The van der Waals surface area contributed by atoms with E-state index in [0.717, 1.165) is 6.07 Å². The number of alkyl halides is 3. The van der Waals surface area contributed by atoms with Crippen LogP contribution < -0.4 is 0 Å². The van der Waals surface area contributed by atoms with Crippen molar-refractivity contribution in [3.05, 3.63) is 48.0 Å². The standard InChI is InChI=1S/C18H17F3N4O/c1-11(2)9-26-10-15-23-8-12-5-6-14(24-17(12)25-15)16-13(18(19,20)21)4-3-7-22-16/h3-8,11H,9-10H2,1-2H3. The van der Waals surface area contributed by atoms with Crippen LogP contribution in [-0.4, -0.2) is 26.5 Å². The SMILES string of the molecule is CC(C)COCc1ncc2ccc(-c3ncccc3C(F)(F)F)nc2n1. The molecule has 136 valence electrons. The number of hydrogen-bond acceptors (Lipinski definition) is 5. The van der Waals surface area contributed by atoms with Gasteiger partial charge >= 0.3 is 6.18 Å². The van der Waals surface area contributed by atoms with Crippen LogP contribution in [0.15, 0.2) is 36.7 Å². The summed E-state index contributed by atoms with van der Waals surface area (Å²) in [6.45, 7) is 4.84. The zero-order valence-corrected chi connectivity index (χ0v) is 14.3. The molecule has 3 heterocycles. The highest BCUT2D eigenvalue weighted by Gasteiger charge is 2.34. The Labute approximate surface area is 148 Å². The van der Waals surface area contributed by atoms with Gasteiger partial charge in [-0.2, -0.15) is 13.2 Å². The second-order valence-electron chi connectivity index (χ2n) is 6.20. The first-order chi connectivity index (χ1) is 12.3. The Morgan fingerprint density at radius 3 is 2.62 bits per heavy atom. The molecule has 26 heavy (non-hydrogen) atoms. The normalized spacial score (nSPS) is 12.1. The van der Waals surface area contributed by atoms with Crippen molar-refractivity contribution < 1.29 is 17.9 Å². The molecule has 0 amide bonds. The number of rotatable bonds is 5. The van der Waals surface area contributed by atoms with E-state index < -0.39 is 11.7 Å². The lowest BCUT2D eigenvalue weighted by Gasteiger charge is -2.11. The zero-order valence-electron chi connectivity index (χ0n) is 14.3. The van der Waals surface area contributed by atoms with Gasteiger partial charge in [-0.25, -0.2) is 15.0 Å². The van der Waals surface area contributed by atoms with Gasteiger partial charge in [-0.3, -0.25) is 4.98 Å². The van der Waals surface area contributed by atoms with Gasteiger partial charge in [0.2, 0.25) is 0 Å². The van der Waals surface area contributed by atoms with Crippen LogP contribution in [0.4, 0.5) is 13.2 Å². The van der Waals surface area contributed by atoms with Gasteiger partial charge in [0.05, 0.1) is 11.3 Å². The van der Waals surface area contributed by atoms with Gasteiger partial charge in [-0.05, 0) is 30.2 Å². The van der Waals surface area contributed by atoms with E-state index in [1.165, 1.54) is 18.3 Å². The summed E-state index contributed by atoms with van der Waals surface area (Å²) in [7, 11) is 0. The van der Waals surface area contributed by atoms with Gasteiger partial charge in [0, 0.05) is 24.4 Å². The highest BCUT2D eigenvalue weighted by atomic mass is 19.4. The molecule has 0 aliphatic carbocycles. The summed E-state index contributed by atoms with van der Waals surface area (Å²) < 4.78 is 45.1. The summed E-state index contributed by atoms with van der Waals surface area (Å²) in [4.78, 5) is 16.6. The monoisotopic (exact) mass is 362 g/mol. The van der Waals surface area contributed by atoms with Crippen LogP contribution in [0.25, 0.3) is 22.4 Å². The molecule has 3 rings (SSSR count). The van der Waals surface area contributed by atoms with Gasteiger partial charge in [0.25, 0.3) is 0 Å². The summed E-state index contributed by atoms with van der Waals surface area (Å²) in [5.41, 5.74) is -0.642. The Hall–Kier alpha value is -2.61. The number of nitrogens with zero attached hydrogens (tertiary/aromatic N) is 4. The van der Waals surface area contributed by atoms with Crippen molar-refractivity contribution in [2.45, 2.75) is 26.6 Å². The van der Waals surface area contributed by atoms with Crippen molar-refractivity contribution in [2.75, 3.05) is 6.61 Å². The van der Waals surface area contributed by atoms with Crippen molar-refractivity contribution in [1.29, 1.82) is 0 Å². The molecule has 0 radical (unpaired) electrons. The van der Waals surface area contributed by atoms with Gasteiger partial charge in [0.1, 0.15) is 12.3 Å². The predicted molar refractivity (Wildman–Crippen MR) is 90.1 cm³/mol. The van der Waals surface area contributed by atoms with Crippen molar-refractivity contribution in [3.8, 4) is 11.4 Å². The molecule has 8 heteroatoms. The number of fused-ring (bicyclic) bond motifs is 1. The maximum atomic E-state index is 13.2. The number of ether oxygens (including phenoxy) is 1. The molecule has 0 fully saturated rings. The smallest absolute Gasteiger partial charge is 0.373 e. The largest absolute Gasteiger partial charge is 0.418 e. The van der Waals surface area contributed by atoms with Crippen molar-refractivity contribution in [1.82, 2.24) is 19.9 Å². The van der Waals surface area contributed by atoms with Gasteiger partial charge in [-0.1, -0.05) is 13.8 Å². The minimum Gasteiger partial charge on any atom is -0.373 e. The number of halogens is 3. The molecule has 3 aromatic rings. The Bertz CT molecular complexity index is 912. The Kier molecular flexibility index (Phi) is 5.13. The Morgan fingerprint density at radius 1 is 1.08 bits per heavy atom. The first-order valence-electron chi connectivity index (χ1n) is 8.07. The molecule has 0 aliphatic heterocycles. The molecule has 0 saturated carbocycles. The third-order valence-electron chi connectivity index (χ3n) is 3.53. The van der Waals surface area contributed by atoms with Gasteiger partial charge < -0.3 is 4.74 Å². The molecule has 0 aliphatic rings. The van der Waals surface area contributed by atoms with E-state index in [0.29, 0.717) is 29.4 Å². The van der Waals surface area contributed by atoms with E-state index in [-0.39, 0.29) is 18.0 Å². The fourth-order valence-corrected chi connectivity index (χ4v) is 2.37. The Balaban J connectivity index is 1.96. The van der Waals surface area contributed by atoms with Crippen molar-refractivity contribution in [2.24, 2.45) is 5.92 Å². The molecule has 0 bridgehead atoms. The highest BCUT2D eigenvalue weighted by Crippen LogP contribution is 2.35. The fraction of sp³-hybridized carbons (Fsp3) is 0.333. The van der Waals surface area contributed by atoms with Crippen molar-refractivity contribution >= 4 is 11.0 Å². The summed E-state index contributed by atoms with van der Waals surface area (Å²) in [5, 5.41) is 0.630. The van der Waals surface area contributed by atoms with Crippen LogP contribution in [0.3, 0.4) is 0 Å². The van der Waals surface area contributed by atoms with E-state index in [2.05, 4.69) is 19.9 Å². The minimum atomic E-state index is -4.51. The molecule has 3 aromatic heterocycles. The van der Waals surface area contributed by atoms with E-state index >= 15 is 0 Å². The van der Waals surface area contributed by atoms with E-state index in [9.17, 15) is 13.2 Å². The Morgan fingerprint density at radius 2 is 1.88 bits per heavy atom. The molecule has 0 unspecified atom stereocenters. The lowest BCUT2D eigenvalue weighted by Crippen LogP contribution is -2.09. The summed E-state index contributed by atoms with van der Waals surface area (Å²) in [6, 6.07) is 5.35. The van der Waals surface area contributed by atoms with Gasteiger partial charge in [0.15, 0.2) is 11.5 Å². The number of pyridine rings is 2. The molecular weight excluding hydrogens is 345 g/mol. The van der Waals surface area contributed by atoms with E-state index in [1.807, 2.05) is 13.8 Å². The molecule has 0 saturated heterocycles. The average Bonchev–Trinajstić information content (AvgIpc) is 2.60. The summed E-state index contributed by atoms with van der Waals surface area (Å²) in [5.74, 6) is 0.810. The highest BCUT2D eigenvalue weighted by molar-refractivity contribution is 5.77. The third-order valence-corrected chi connectivity index (χ3v) is 3.53. The molecule has 5 nitrogen and oxygen atoms in total. The number of hydrogen-bond donors (Lipinski definition) is 0. The molecular formula is C18H17F3N4O. The lowest BCUT2D eigenvalue weighted by molar-refractivity contribution is -0.137. The van der Waals surface area contributed by atoms with Crippen LogP contribution >= 0.6 is 0 Å². The fourth-order valence-electron chi connectivity index (χ4n) is 2.37. The second-order valence-corrected chi connectivity index (χ2v) is 6.20. The average molecular weight is 362 g/mol. The van der Waals surface area contributed by atoms with Crippen LogP contribution in [0.1, 0.15) is 25.2 Å². The van der Waals surface area contributed by atoms with Crippen LogP contribution in [0.5, 0.6) is 0 Å². The lowest BCUT2D eigenvalue weighted by atomic mass is 10.1. The zero-order chi connectivity index (χ0) is 18.7. The molecule has 0 spiro atoms.